The second kappa shape index (κ2) is 8.58. The Morgan fingerprint density at radius 2 is 1.87 bits per heavy atom. The zero-order valence-corrected chi connectivity index (χ0v) is 16.2. The van der Waals surface area contributed by atoms with Gasteiger partial charge in [0.25, 0.3) is 5.91 Å². The molecule has 0 spiro atoms. The lowest BCUT2D eigenvalue weighted by Crippen LogP contribution is -2.28. The number of amides is 1. The van der Waals surface area contributed by atoms with Crippen molar-refractivity contribution in [2.45, 2.75) is 32.2 Å². The molecular formula is C21H19F3N4O2. The molecule has 0 aliphatic carbocycles. The molecular weight excluding hydrogens is 397 g/mol. The molecule has 156 valence electrons. The van der Waals surface area contributed by atoms with Crippen molar-refractivity contribution in [3.63, 3.8) is 0 Å². The number of aliphatic hydroxyl groups excluding tert-OH is 1. The summed E-state index contributed by atoms with van der Waals surface area (Å²) < 4.78 is 39.3. The van der Waals surface area contributed by atoms with Crippen molar-refractivity contribution in [3.8, 4) is 11.3 Å². The molecule has 0 saturated carbocycles. The first kappa shape index (κ1) is 21.4. The molecule has 2 N–H and O–H groups in total. The predicted molar refractivity (Wildman–Crippen MR) is 103 cm³/mol. The van der Waals surface area contributed by atoms with E-state index in [0.29, 0.717) is 11.4 Å². The van der Waals surface area contributed by atoms with Crippen molar-refractivity contribution >= 4 is 5.91 Å². The number of carbonyl (C=O) groups is 1. The van der Waals surface area contributed by atoms with Gasteiger partial charge < -0.3 is 10.4 Å². The summed E-state index contributed by atoms with van der Waals surface area (Å²) in [6.07, 6.45) is -1.60. The molecule has 30 heavy (non-hydrogen) atoms. The van der Waals surface area contributed by atoms with Gasteiger partial charge in [0, 0.05) is 29.7 Å². The summed E-state index contributed by atoms with van der Waals surface area (Å²) in [5, 5.41) is 12.4. The number of alkyl halides is 3. The van der Waals surface area contributed by atoms with Gasteiger partial charge in [-0.3, -0.25) is 19.7 Å². The third-order valence-corrected chi connectivity index (χ3v) is 4.42. The van der Waals surface area contributed by atoms with Crippen molar-refractivity contribution in [1.82, 2.24) is 20.3 Å². The molecule has 1 aromatic carbocycles. The summed E-state index contributed by atoms with van der Waals surface area (Å²) in [6, 6.07) is 6.50. The topological polar surface area (TPSA) is 88.0 Å². The van der Waals surface area contributed by atoms with E-state index in [-0.39, 0.29) is 11.1 Å². The maximum absolute atomic E-state index is 13.1. The van der Waals surface area contributed by atoms with E-state index in [1.54, 1.807) is 25.3 Å². The van der Waals surface area contributed by atoms with Gasteiger partial charge in [-0.05, 0) is 49.2 Å². The number of aryl methyl sites for hydroxylation is 1. The summed E-state index contributed by atoms with van der Waals surface area (Å²) >= 11 is 0. The van der Waals surface area contributed by atoms with Crippen LogP contribution in [0.2, 0.25) is 0 Å². The smallest absolute Gasteiger partial charge is 0.379 e. The first-order valence-electron chi connectivity index (χ1n) is 9.04. The number of rotatable bonds is 5. The van der Waals surface area contributed by atoms with E-state index in [2.05, 4.69) is 20.3 Å². The summed E-state index contributed by atoms with van der Waals surface area (Å²) in [6.45, 7) is 3.51. The van der Waals surface area contributed by atoms with Gasteiger partial charge in [-0.25, -0.2) is 0 Å². The SMILES string of the molecule is Cc1ccc(-c2cc(C(=O)NC(C)c3cnccn3)cc(C(O)C(F)(F)F)c2)nc1. The standard InChI is InChI=1S/C21H19F3N4O2/c1-12-3-4-17(27-10-12)14-7-15(19(29)21(22,23)24)9-16(8-14)20(30)28-13(2)18-11-25-5-6-26-18/h3-11,13,19,29H,1-2H3,(H,28,30). The minimum atomic E-state index is -4.88. The first-order chi connectivity index (χ1) is 14.1. The zero-order chi connectivity index (χ0) is 21.9. The number of carbonyl (C=O) groups excluding carboxylic acids is 1. The van der Waals surface area contributed by atoms with Gasteiger partial charge >= 0.3 is 6.18 Å². The Morgan fingerprint density at radius 1 is 1.10 bits per heavy atom. The van der Waals surface area contributed by atoms with Gasteiger partial charge in [-0.1, -0.05) is 6.07 Å². The molecule has 1 amide bonds. The first-order valence-corrected chi connectivity index (χ1v) is 9.04. The number of pyridine rings is 1. The molecule has 2 heterocycles. The van der Waals surface area contributed by atoms with Crippen LogP contribution in [0.15, 0.2) is 55.1 Å². The molecule has 2 unspecified atom stereocenters. The highest BCUT2D eigenvalue weighted by atomic mass is 19.4. The lowest BCUT2D eigenvalue weighted by Gasteiger charge is -2.18. The summed E-state index contributed by atoms with van der Waals surface area (Å²) in [5.74, 6) is -0.613. The fourth-order valence-corrected chi connectivity index (χ4v) is 2.80. The van der Waals surface area contributed by atoms with Crippen LogP contribution in [0.5, 0.6) is 0 Å². The third-order valence-electron chi connectivity index (χ3n) is 4.42. The average Bonchev–Trinajstić information content (AvgIpc) is 2.73. The monoisotopic (exact) mass is 416 g/mol. The van der Waals surface area contributed by atoms with E-state index in [1.807, 2.05) is 6.92 Å². The fourth-order valence-electron chi connectivity index (χ4n) is 2.80. The Bertz CT molecular complexity index is 1020. The predicted octanol–water partition coefficient (Wildman–Crippen LogP) is 3.93. The van der Waals surface area contributed by atoms with Crippen LogP contribution < -0.4 is 5.32 Å². The van der Waals surface area contributed by atoms with Gasteiger partial charge in [0.1, 0.15) is 0 Å². The average molecular weight is 416 g/mol. The second-order valence-electron chi connectivity index (χ2n) is 6.83. The molecule has 6 nitrogen and oxygen atoms in total. The minimum absolute atomic E-state index is 0.0380. The van der Waals surface area contributed by atoms with Gasteiger partial charge in [0.15, 0.2) is 6.10 Å². The molecule has 0 fully saturated rings. The van der Waals surface area contributed by atoms with Crippen LogP contribution in [0.4, 0.5) is 13.2 Å². The maximum atomic E-state index is 13.1. The molecule has 0 radical (unpaired) electrons. The molecule has 2 aromatic heterocycles. The molecule has 0 bridgehead atoms. The van der Waals surface area contributed by atoms with Crippen LogP contribution in [0.1, 0.15) is 46.2 Å². The molecule has 3 rings (SSSR count). The number of halogens is 3. The summed E-state index contributed by atoms with van der Waals surface area (Å²) in [5.41, 5.74) is 1.56. The van der Waals surface area contributed by atoms with Gasteiger partial charge in [-0.2, -0.15) is 13.2 Å². The van der Waals surface area contributed by atoms with Crippen LogP contribution in [0, 0.1) is 6.92 Å². The Kier molecular flexibility index (Phi) is 6.12. The number of aliphatic hydroxyl groups is 1. The Hall–Kier alpha value is -3.33. The lowest BCUT2D eigenvalue weighted by molar-refractivity contribution is -0.206. The summed E-state index contributed by atoms with van der Waals surface area (Å²) in [7, 11) is 0. The van der Waals surface area contributed by atoms with E-state index in [0.717, 1.165) is 11.6 Å². The van der Waals surface area contributed by atoms with Crippen molar-refractivity contribution in [2.24, 2.45) is 0 Å². The van der Waals surface area contributed by atoms with Crippen molar-refractivity contribution in [3.05, 3.63) is 77.5 Å². The Balaban J connectivity index is 1.98. The molecule has 0 saturated heterocycles. The number of nitrogens with one attached hydrogen (secondary N) is 1. The van der Waals surface area contributed by atoms with E-state index >= 15 is 0 Å². The van der Waals surface area contributed by atoms with E-state index in [9.17, 15) is 23.1 Å². The number of hydrogen-bond donors (Lipinski definition) is 2. The largest absolute Gasteiger partial charge is 0.418 e. The number of benzene rings is 1. The molecule has 9 heteroatoms. The van der Waals surface area contributed by atoms with Gasteiger partial charge in [0.05, 0.1) is 23.6 Å². The van der Waals surface area contributed by atoms with Crippen LogP contribution in [-0.2, 0) is 0 Å². The normalized spacial score (nSPS) is 13.5. The number of nitrogens with zero attached hydrogens (tertiary/aromatic N) is 3. The van der Waals surface area contributed by atoms with Crippen LogP contribution >= 0.6 is 0 Å². The van der Waals surface area contributed by atoms with Crippen LogP contribution in [0.3, 0.4) is 0 Å². The highest BCUT2D eigenvalue weighted by Gasteiger charge is 2.39. The highest BCUT2D eigenvalue weighted by Crippen LogP contribution is 2.35. The van der Waals surface area contributed by atoms with Gasteiger partial charge in [0.2, 0.25) is 0 Å². The molecule has 3 aromatic rings. The second-order valence-corrected chi connectivity index (χ2v) is 6.83. The summed E-state index contributed by atoms with van der Waals surface area (Å²) in [4.78, 5) is 25.0. The van der Waals surface area contributed by atoms with Gasteiger partial charge in [-0.15, -0.1) is 0 Å². The third kappa shape index (κ3) is 4.98. The zero-order valence-electron chi connectivity index (χ0n) is 16.2. The lowest BCUT2D eigenvalue weighted by atomic mass is 9.98. The van der Waals surface area contributed by atoms with Crippen LogP contribution in [0.25, 0.3) is 11.3 Å². The quantitative estimate of drug-likeness (QED) is 0.658. The Labute approximate surface area is 170 Å². The number of aromatic nitrogens is 3. The number of hydrogen-bond acceptors (Lipinski definition) is 5. The Morgan fingerprint density at radius 3 is 2.47 bits per heavy atom. The highest BCUT2D eigenvalue weighted by molar-refractivity contribution is 5.96. The van der Waals surface area contributed by atoms with E-state index in [1.165, 1.54) is 30.7 Å². The van der Waals surface area contributed by atoms with Crippen LogP contribution in [-0.4, -0.2) is 32.1 Å². The van der Waals surface area contributed by atoms with E-state index in [4.69, 9.17) is 0 Å². The minimum Gasteiger partial charge on any atom is -0.379 e. The maximum Gasteiger partial charge on any atom is 0.418 e. The molecule has 2 atom stereocenters. The van der Waals surface area contributed by atoms with Crippen molar-refractivity contribution < 1.29 is 23.1 Å². The van der Waals surface area contributed by atoms with Crippen molar-refractivity contribution in [1.29, 1.82) is 0 Å². The molecule has 0 aliphatic rings. The molecule has 0 aliphatic heterocycles. The van der Waals surface area contributed by atoms with Crippen molar-refractivity contribution in [2.75, 3.05) is 0 Å². The fraction of sp³-hybridized carbons (Fsp3) is 0.238. The van der Waals surface area contributed by atoms with E-state index < -0.39 is 29.8 Å².